The maximum atomic E-state index is 10.5. The Morgan fingerprint density at radius 2 is 2.27 bits per heavy atom. The van der Waals surface area contributed by atoms with E-state index in [4.69, 9.17) is 21.1 Å². The summed E-state index contributed by atoms with van der Waals surface area (Å²) in [6, 6.07) is 4.39. The number of halogens is 1. The smallest absolute Gasteiger partial charge is 0.337 e. The second-order valence-corrected chi connectivity index (χ2v) is 3.26. The lowest BCUT2D eigenvalue weighted by atomic mass is 10.1. The van der Waals surface area contributed by atoms with Gasteiger partial charge in [0.2, 0.25) is 0 Å². The molecule has 0 bridgehead atoms. The third kappa shape index (κ3) is 1.79. The number of nitrogens with zero attached hydrogens (tertiary/aromatic N) is 1. The van der Waals surface area contributed by atoms with Crippen LogP contribution in [0.3, 0.4) is 0 Å². The van der Waals surface area contributed by atoms with Crippen LogP contribution in [0, 0.1) is 0 Å². The second kappa shape index (κ2) is 3.52. The summed E-state index contributed by atoms with van der Waals surface area (Å²) in [5, 5.41) is 17.8. The molecule has 0 aliphatic heterocycles. The van der Waals surface area contributed by atoms with E-state index in [0.717, 1.165) is 0 Å². The van der Waals surface area contributed by atoms with E-state index < -0.39 is 12.1 Å². The van der Waals surface area contributed by atoms with Gasteiger partial charge in [-0.1, -0.05) is 6.07 Å². The topological polar surface area (TPSA) is 83.6 Å². The van der Waals surface area contributed by atoms with Gasteiger partial charge in [-0.15, -0.1) is 0 Å². The van der Waals surface area contributed by atoms with E-state index in [0.29, 0.717) is 11.1 Å². The minimum absolute atomic E-state index is 0.0213. The van der Waals surface area contributed by atoms with Gasteiger partial charge in [0.05, 0.1) is 0 Å². The number of hydrogen-bond acceptors (Lipinski definition) is 4. The van der Waals surface area contributed by atoms with Crippen LogP contribution in [0.5, 0.6) is 0 Å². The van der Waals surface area contributed by atoms with Crippen molar-refractivity contribution in [3.05, 3.63) is 29.1 Å². The molecule has 6 heteroatoms. The van der Waals surface area contributed by atoms with Crippen LogP contribution in [0.4, 0.5) is 0 Å². The molecular formula is C9H6ClNO4. The molecule has 1 heterocycles. The Labute approximate surface area is 88.9 Å². The summed E-state index contributed by atoms with van der Waals surface area (Å²) in [5.41, 5.74) is 1.09. The lowest BCUT2D eigenvalue weighted by Crippen LogP contribution is -2.09. The number of rotatable bonds is 2. The average Bonchev–Trinajstić information content (AvgIpc) is 2.55. The first-order chi connectivity index (χ1) is 7.08. The van der Waals surface area contributed by atoms with Gasteiger partial charge < -0.3 is 14.6 Å². The van der Waals surface area contributed by atoms with Gasteiger partial charge in [0, 0.05) is 0 Å². The minimum Gasteiger partial charge on any atom is -0.479 e. The average molecular weight is 228 g/mol. The van der Waals surface area contributed by atoms with Crippen LogP contribution in [0.25, 0.3) is 11.1 Å². The van der Waals surface area contributed by atoms with E-state index in [1.165, 1.54) is 18.2 Å². The Balaban J connectivity index is 2.50. The Kier molecular flexibility index (Phi) is 2.34. The highest BCUT2D eigenvalue weighted by atomic mass is 35.5. The van der Waals surface area contributed by atoms with Crippen LogP contribution in [0.15, 0.2) is 22.6 Å². The summed E-state index contributed by atoms with van der Waals surface area (Å²) in [7, 11) is 0. The molecule has 0 aliphatic rings. The number of benzene rings is 1. The Bertz CT molecular complexity index is 522. The predicted octanol–water partition coefficient (Wildman–Crippen LogP) is 1.60. The molecule has 78 valence electrons. The number of aliphatic hydroxyl groups is 1. The molecular weight excluding hydrogens is 222 g/mol. The summed E-state index contributed by atoms with van der Waals surface area (Å²) in [6.07, 6.45) is -1.57. The van der Waals surface area contributed by atoms with Crippen LogP contribution in [0.2, 0.25) is 5.35 Å². The molecule has 0 fully saturated rings. The van der Waals surface area contributed by atoms with E-state index in [-0.39, 0.29) is 10.9 Å². The minimum atomic E-state index is -1.57. The summed E-state index contributed by atoms with van der Waals surface area (Å²) >= 11 is 5.52. The molecule has 1 aromatic heterocycles. The first-order valence-corrected chi connectivity index (χ1v) is 4.42. The predicted molar refractivity (Wildman–Crippen MR) is 51.6 cm³/mol. The lowest BCUT2D eigenvalue weighted by Gasteiger charge is -2.03. The fourth-order valence-electron chi connectivity index (χ4n) is 1.23. The second-order valence-electron chi connectivity index (χ2n) is 2.93. The zero-order valence-electron chi connectivity index (χ0n) is 7.35. The van der Waals surface area contributed by atoms with Crippen LogP contribution >= 0.6 is 11.6 Å². The number of carbonyl (C=O) groups is 1. The molecule has 1 atom stereocenters. The summed E-state index contributed by atoms with van der Waals surface area (Å²) < 4.78 is 4.99. The number of hydrogen-bond donors (Lipinski definition) is 2. The maximum Gasteiger partial charge on any atom is 0.337 e. The molecule has 5 nitrogen and oxygen atoms in total. The number of aliphatic carboxylic acids is 1. The van der Waals surface area contributed by atoms with Crippen molar-refractivity contribution in [1.82, 2.24) is 4.98 Å². The van der Waals surface area contributed by atoms with Crippen molar-refractivity contribution in [2.75, 3.05) is 0 Å². The van der Waals surface area contributed by atoms with Crippen LogP contribution in [-0.4, -0.2) is 21.2 Å². The van der Waals surface area contributed by atoms with Crippen molar-refractivity contribution in [2.24, 2.45) is 0 Å². The van der Waals surface area contributed by atoms with E-state index >= 15 is 0 Å². The molecule has 2 rings (SSSR count). The van der Waals surface area contributed by atoms with Crippen molar-refractivity contribution < 1.29 is 19.4 Å². The standard InChI is InChI=1S/C9H6ClNO4/c10-9-11-5-2-1-4(3-6(5)15-9)7(12)8(13)14/h1-3,7,12H,(H,13,14). The summed E-state index contributed by atoms with van der Waals surface area (Å²) in [4.78, 5) is 14.3. The van der Waals surface area contributed by atoms with Crippen molar-refractivity contribution in [2.45, 2.75) is 6.10 Å². The molecule has 1 unspecified atom stereocenters. The molecule has 15 heavy (non-hydrogen) atoms. The largest absolute Gasteiger partial charge is 0.479 e. The van der Waals surface area contributed by atoms with E-state index in [1.54, 1.807) is 0 Å². The molecule has 0 radical (unpaired) electrons. The third-order valence-electron chi connectivity index (χ3n) is 1.94. The summed E-state index contributed by atoms with van der Waals surface area (Å²) in [6.45, 7) is 0. The van der Waals surface area contributed by atoms with Crippen LogP contribution in [-0.2, 0) is 4.79 Å². The number of oxazole rings is 1. The fourth-order valence-corrected chi connectivity index (χ4v) is 1.40. The van der Waals surface area contributed by atoms with E-state index in [9.17, 15) is 9.90 Å². The van der Waals surface area contributed by atoms with Gasteiger partial charge in [0.25, 0.3) is 5.35 Å². The maximum absolute atomic E-state index is 10.5. The SMILES string of the molecule is O=C(O)C(O)c1ccc2nc(Cl)oc2c1. The lowest BCUT2D eigenvalue weighted by molar-refractivity contribution is -0.146. The van der Waals surface area contributed by atoms with Gasteiger partial charge in [-0.05, 0) is 29.3 Å². The van der Waals surface area contributed by atoms with Gasteiger partial charge in [-0.3, -0.25) is 0 Å². The molecule has 2 aromatic rings. The normalized spacial score (nSPS) is 12.9. The van der Waals surface area contributed by atoms with Crippen molar-refractivity contribution in [1.29, 1.82) is 0 Å². The van der Waals surface area contributed by atoms with Crippen molar-refractivity contribution in [3.63, 3.8) is 0 Å². The highest BCUT2D eigenvalue weighted by Crippen LogP contribution is 2.23. The van der Waals surface area contributed by atoms with Gasteiger partial charge in [0.15, 0.2) is 11.7 Å². The molecule has 0 amide bonds. The van der Waals surface area contributed by atoms with Crippen LogP contribution in [0.1, 0.15) is 11.7 Å². The number of aliphatic hydroxyl groups excluding tert-OH is 1. The number of fused-ring (bicyclic) bond motifs is 1. The van der Waals surface area contributed by atoms with Crippen molar-refractivity contribution >= 4 is 28.7 Å². The van der Waals surface area contributed by atoms with Gasteiger partial charge in [-0.2, -0.15) is 4.98 Å². The molecule has 0 saturated heterocycles. The van der Waals surface area contributed by atoms with Gasteiger partial charge in [-0.25, -0.2) is 4.79 Å². The first kappa shape index (κ1) is 9.95. The fraction of sp³-hybridized carbons (Fsp3) is 0.111. The van der Waals surface area contributed by atoms with Crippen molar-refractivity contribution in [3.8, 4) is 0 Å². The van der Waals surface area contributed by atoms with E-state index in [1.807, 2.05) is 0 Å². The zero-order valence-corrected chi connectivity index (χ0v) is 8.10. The monoisotopic (exact) mass is 227 g/mol. The Hall–Kier alpha value is -1.59. The molecule has 0 aliphatic carbocycles. The van der Waals surface area contributed by atoms with Crippen LogP contribution < -0.4 is 0 Å². The zero-order chi connectivity index (χ0) is 11.0. The highest BCUT2D eigenvalue weighted by Gasteiger charge is 2.17. The quantitative estimate of drug-likeness (QED) is 0.814. The molecule has 0 saturated carbocycles. The molecule has 1 aromatic carbocycles. The highest BCUT2D eigenvalue weighted by molar-refractivity contribution is 6.28. The first-order valence-electron chi connectivity index (χ1n) is 4.05. The summed E-state index contributed by atoms with van der Waals surface area (Å²) in [5.74, 6) is -1.32. The third-order valence-corrected chi connectivity index (χ3v) is 2.10. The Morgan fingerprint density at radius 3 is 2.93 bits per heavy atom. The van der Waals surface area contributed by atoms with E-state index in [2.05, 4.69) is 4.98 Å². The molecule has 2 N–H and O–H groups in total. The molecule has 0 spiro atoms. The van der Waals surface area contributed by atoms with Gasteiger partial charge in [0.1, 0.15) is 5.52 Å². The number of carboxylic acids is 1. The Morgan fingerprint density at radius 1 is 1.53 bits per heavy atom. The number of carboxylic acid groups (broad SMARTS) is 1. The number of aromatic nitrogens is 1. The van der Waals surface area contributed by atoms with Gasteiger partial charge >= 0.3 is 5.97 Å².